The van der Waals surface area contributed by atoms with Crippen molar-refractivity contribution in [3.05, 3.63) is 64.7 Å². The van der Waals surface area contributed by atoms with Crippen LogP contribution >= 0.6 is 0 Å². The van der Waals surface area contributed by atoms with Crippen LogP contribution in [-0.2, 0) is 15.6 Å². The molecule has 0 aliphatic carbocycles. The van der Waals surface area contributed by atoms with Gasteiger partial charge in [0, 0.05) is 6.26 Å². The van der Waals surface area contributed by atoms with Gasteiger partial charge in [0.25, 0.3) is 0 Å². The summed E-state index contributed by atoms with van der Waals surface area (Å²) in [5, 5.41) is 0. The monoisotopic (exact) mass is 318 g/mol. The van der Waals surface area contributed by atoms with Crippen LogP contribution in [0, 0.1) is 13.8 Å². The van der Waals surface area contributed by atoms with Gasteiger partial charge in [-0.1, -0.05) is 18.2 Å². The molecular formula is C17H18O4S. The molecule has 0 heterocycles. The number of esters is 1. The second kappa shape index (κ2) is 6.32. The van der Waals surface area contributed by atoms with E-state index in [0.29, 0.717) is 16.9 Å². The van der Waals surface area contributed by atoms with E-state index in [4.69, 9.17) is 4.74 Å². The molecule has 0 aromatic heterocycles. The standard InChI is InChI=1S/C17H18O4S/c1-12-4-9-16(10-13(12)2)21-17(18)15-7-5-14(6-8-15)11-22(3,19)20/h4-10H,11H2,1-3H3. The summed E-state index contributed by atoms with van der Waals surface area (Å²) in [6.07, 6.45) is 1.18. The van der Waals surface area contributed by atoms with Crippen molar-refractivity contribution in [2.45, 2.75) is 19.6 Å². The molecule has 0 radical (unpaired) electrons. The number of carbonyl (C=O) groups excluding carboxylic acids is 1. The first-order valence-electron chi connectivity index (χ1n) is 6.81. The van der Waals surface area contributed by atoms with Crippen molar-refractivity contribution in [2.75, 3.05) is 6.26 Å². The third kappa shape index (κ3) is 4.43. The topological polar surface area (TPSA) is 60.4 Å². The number of hydrogen-bond donors (Lipinski definition) is 0. The predicted molar refractivity (Wildman–Crippen MR) is 85.9 cm³/mol. The van der Waals surface area contributed by atoms with E-state index >= 15 is 0 Å². The van der Waals surface area contributed by atoms with Gasteiger partial charge in [0.1, 0.15) is 5.75 Å². The molecule has 0 saturated heterocycles. The number of hydrogen-bond acceptors (Lipinski definition) is 4. The van der Waals surface area contributed by atoms with Gasteiger partial charge in [-0.15, -0.1) is 0 Å². The Balaban J connectivity index is 2.11. The first kappa shape index (κ1) is 16.2. The van der Waals surface area contributed by atoms with Gasteiger partial charge in [-0.2, -0.15) is 0 Å². The van der Waals surface area contributed by atoms with Crippen LogP contribution in [0.4, 0.5) is 0 Å². The van der Waals surface area contributed by atoms with Crippen LogP contribution in [0.2, 0.25) is 0 Å². The van der Waals surface area contributed by atoms with Crippen LogP contribution in [0.25, 0.3) is 0 Å². The highest BCUT2D eigenvalue weighted by Crippen LogP contribution is 2.18. The average molecular weight is 318 g/mol. The lowest BCUT2D eigenvalue weighted by Gasteiger charge is -2.07. The summed E-state index contributed by atoms with van der Waals surface area (Å²) in [4.78, 5) is 12.1. The molecule has 116 valence electrons. The Bertz CT molecular complexity index is 790. The molecule has 2 rings (SSSR count). The van der Waals surface area contributed by atoms with E-state index in [0.717, 1.165) is 11.1 Å². The molecule has 2 aromatic rings. The fraction of sp³-hybridized carbons (Fsp3) is 0.235. The van der Waals surface area contributed by atoms with Gasteiger partial charge in [-0.3, -0.25) is 0 Å². The molecule has 22 heavy (non-hydrogen) atoms. The van der Waals surface area contributed by atoms with E-state index < -0.39 is 15.8 Å². The van der Waals surface area contributed by atoms with Crippen molar-refractivity contribution in [3.63, 3.8) is 0 Å². The SMILES string of the molecule is Cc1ccc(OC(=O)c2ccc(CS(C)(=O)=O)cc2)cc1C. The third-order valence-electron chi connectivity index (χ3n) is 3.31. The maximum atomic E-state index is 12.1. The minimum absolute atomic E-state index is 0.0422. The Kier molecular flexibility index (Phi) is 4.66. The Morgan fingerprint density at radius 1 is 1.00 bits per heavy atom. The summed E-state index contributed by atoms with van der Waals surface area (Å²) in [5.74, 6) is -0.0121. The van der Waals surface area contributed by atoms with Crippen LogP contribution in [0.15, 0.2) is 42.5 Å². The van der Waals surface area contributed by atoms with E-state index in [1.165, 1.54) is 6.26 Å². The highest BCUT2D eigenvalue weighted by atomic mass is 32.2. The number of ether oxygens (including phenoxy) is 1. The zero-order chi connectivity index (χ0) is 16.3. The van der Waals surface area contributed by atoms with E-state index in [1.54, 1.807) is 30.3 Å². The smallest absolute Gasteiger partial charge is 0.343 e. The third-order valence-corrected chi connectivity index (χ3v) is 4.17. The molecule has 0 spiro atoms. The Morgan fingerprint density at radius 2 is 1.64 bits per heavy atom. The van der Waals surface area contributed by atoms with Crippen molar-refractivity contribution >= 4 is 15.8 Å². The lowest BCUT2D eigenvalue weighted by Crippen LogP contribution is -2.09. The van der Waals surface area contributed by atoms with Gasteiger partial charge in [-0.05, 0) is 54.8 Å². The van der Waals surface area contributed by atoms with Gasteiger partial charge >= 0.3 is 5.97 Å². The van der Waals surface area contributed by atoms with Crippen LogP contribution in [0.5, 0.6) is 5.75 Å². The molecule has 0 unspecified atom stereocenters. The fourth-order valence-electron chi connectivity index (χ4n) is 1.98. The van der Waals surface area contributed by atoms with Crippen LogP contribution < -0.4 is 4.74 Å². The first-order chi connectivity index (χ1) is 10.2. The Labute approximate surface area is 130 Å². The number of benzene rings is 2. The molecule has 4 nitrogen and oxygen atoms in total. The van der Waals surface area contributed by atoms with E-state index in [2.05, 4.69) is 0 Å². The van der Waals surface area contributed by atoms with Gasteiger partial charge in [0.2, 0.25) is 0 Å². The molecule has 0 aliphatic rings. The number of sulfone groups is 1. The summed E-state index contributed by atoms with van der Waals surface area (Å²) >= 11 is 0. The van der Waals surface area contributed by atoms with E-state index in [9.17, 15) is 13.2 Å². The van der Waals surface area contributed by atoms with Crippen molar-refractivity contribution in [2.24, 2.45) is 0 Å². The summed E-state index contributed by atoms with van der Waals surface area (Å²) in [7, 11) is -3.08. The lowest BCUT2D eigenvalue weighted by molar-refractivity contribution is 0.0734. The van der Waals surface area contributed by atoms with E-state index in [1.807, 2.05) is 26.0 Å². The van der Waals surface area contributed by atoms with Gasteiger partial charge in [-0.25, -0.2) is 13.2 Å². The minimum Gasteiger partial charge on any atom is -0.423 e. The van der Waals surface area contributed by atoms with Crippen LogP contribution in [0.3, 0.4) is 0 Å². The molecule has 0 saturated carbocycles. The zero-order valence-electron chi connectivity index (χ0n) is 12.8. The van der Waals surface area contributed by atoms with Crippen LogP contribution in [0.1, 0.15) is 27.0 Å². The summed E-state index contributed by atoms with van der Waals surface area (Å²) in [6.45, 7) is 3.94. The van der Waals surface area contributed by atoms with Gasteiger partial charge < -0.3 is 4.74 Å². The second-order valence-corrected chi connectivity index (χ2v) is 7.54. The molecule has 0 N–H and O–H groups in total. The number of carbonyl (C=O) groups is 1. The van der Waals surface area contributed by atoms with Crippen molar-refractivity contribution < 1.29 is 17.9 Å². The molecule has 0 fully saturated rings. The fourth-order valence-corrected chi connectivity index (χ4v) is 2.78. The molecule has 5 heteroatoms. The van der Waals surface area contributed by atoms with Crippen LogP contribution in [-0.4, -0.2) is 20.6 Å². The van der Waals surface area contributed by atoms with Crippen molar-refractivity contribution in [1.29, 1.82) is 0 Å². The molecule has 0 aliphatic heterocycles. The summed E-state index contributed by atoms with van der Waals surface area (Å²) in [6, 6.07) is 11.8. The lowest BCUT2D eigenvalue weighted by atomic mass is 10.1. The maximum absolute atomic E-state index is 12.1. The molecule has 0 atom stereocenters. The highest BCUT2D eigenvalue weighted by Gasteiger charge is 2.10. The number of rotatable bonds is 4. The van der Waals surface area contributed by atoms with Gasteiger partial charge in [0.05, 0.1) is 11.3 Å². The minimum atomic E-state index is -3.08. The van der Waals surface area contributed by atoms with Crippen molar-refractivity contribution in [3.8, 4) is 5.75 Å². The average Bonchev–Trinajstić information content (AvgIpc) is 2.42. The molecule has 2 aromatic carbocycles. The Hall–Kier alpha value is -2.14. The van der Waals surface area contributed by atoms with Gasteiger partial charge in [0.15, 0.2) is 9.84 Å². The summed E-state index contributed by atoms with van der Waals surface area (Å²) < 4.78 is 27.8. The van der Waals surface area contributed by atoms with Crippen molar-refractivity contribution in [1.82, 2.24) is 0 Å². The first-order valence-corrected chi connectivity index (χ1v) is 8.87. The molecular weight excluding hydrogens is 300 g/mol. The highest BCUT2D eigenvalue weighted by molar-refractivity contribution is 7.89. The van der Waals surface area contributed by atoms with E-state index in [-0.39, 0.29) is 5.75 Å². The largest absolute Gasteiger partial charge is 0.423 e. The zero-order valence-corrected chi connectivity index (χ0v) is 13.6. The Morgan fingerprint density at radius 3 is 2.18 bits per heavy atom. The maximum Gasteiger partial charge on any atom is 0.343 e. The molecule has 0 amide bonds. The molecule has 0 bridgehead atoms. The summed E-state index contributed by atoms with van der Waals surface area (Å²) in [5.41, 5.74) is 3.21. The number of aryl methyl sites for hydroxylation is 2. The quantitative estimate of drug-likeness (QED) is 0.642. The predicted octanol–water partition coefficient (Wildman–Crippen LogP) is 3.07. The normalized spacial score (nSPS) is 11.2. The second-order valence-electron chi connectivity index (χ2n) is 5.40.